The van der Waals surface area contributed by atoms with Crippen molar-refractivity contribution in [3.63, 3.8) is 0 Å². The fraction of sp³-hybridized carbons (Fsp3) is 0.267. The number of carbonyl (C=O) groups excluding carboxylic acids is 1. The summed E-state index contributed by atoms with van der Waals surface area (Å²) in [5, 5.41) is 3.11. The Labute approximate surface area is 205 Å². The number of amides is 1. The highest BCUT2D eigenvalue weighted by Crippen LogP contribution is 2.42. The average molecular weight is 464 g/mol. The summed E-state index contributed by atoms with van der Waals surface area (Å²) in [5.74, 6) is 0.557. The molecule has 0 unspecified atom stereocenters. The Morgan fingerprint density at radius 2 is 1.60 bits per heavy atom. The molecule has 5 heteroatoms. The van der Waals surface area contributed by atoms with Gasteiger partial charge < -0.3 is 14.6 Å². The van der Waals surface area contributed by atoms with Crippen LogP contribution < -0.4 is 5.32 Å². The van der Waals surface area contributed by atoms with Crippen LogP contribution in [0.15, 0.2) is 79.1 Å². The maximum absolute atomic E-state index is 13.4. The van der Waals surface area contributed by atoms with Gasteiger partial charge in [-0.15, -0.1) is 0 Å². The van der Waals surface area contributed by atoms with Gasteiger partial charge in [0.15, 0.2) is 0 Å². The molecular formula is C30H29N3O2. The van der Waals surface area contributed by atoms with Crippen LogP contribution >= 0.6 is 0 Å². The van der Waals surface area contributed by atoms with Gasteiger partial charge in [-0.1, -0.05) is 48.5 Å². The van der Waals surface area contributed by atoms with E-state index in [0.29, 0.717) is 12.5 Å². The summed E-state index contributed by atoms with van der Waals surface area (Å²) in [6.07, 6.45) is 6.61. The van der Waals surface area contributed by atoms with E-state index in [-0.39, 0.29) is 5.91 Å². The molecule has 4 aromatic rings. The molecule has 0 aliphatic carbocycles. The van der Waals surface area contributed by atoms with Gasteiger partial charge in [0.25, 0.3) is 5.91 Å². The van der Waals surface area contributed by atoms with Gasteiger partial charge in [-0.25, -0.2) is 0 Å². The van der Waals surface area contributed by atoms with Crippen LogP contribution in [0.4, 0.5) is 0 Å². The summed E-state index contributed by atoms with van der Waals surface area (Å²) in [4.78, 5) is 17.6. The van der Waals surface area contributed by atoms with Crippen molar-refractivity contribution in [3.05, 3.63) is 90.4 Å². The molecule has 1 amide bonds. The summed E-state index contributed by atoms with van der Waals surface area (Å²) in [6.45, 7) is 3.19. The Kier molecular flexibility index (Phi) is 5.93. The van der Waals surface area contributed by atoms with E-state index in [9.17, 15) is 4.79 Å². The fourth-order valence-corrected chi connectivity index (χ4v) is 5.52. The van der Waals surface area contributed by atoms with E-state index >= 15 is 0 Å². The molecular weight excluding hydrogens is 434 g/mol. The predicted molar refractivity (Wildman–Crippen MR) is 138 cm³/mol. The Bertz CT molecular complexity index is 1340. The van der Waals surface area contributed by atoms with E-state index in [1.807, 2.05) is 18.5 Å². The van der Waals surface area contributed by atoms with Crippen molar-refractivity contribution in [1.82, 2.24) is 14.9 Å². The second-order valence-electron chi connectivity index (χ2n) is 9.40. The van der Waals surface area contributed by atoms with Crippen molar-refractivity contribution in [3.8, 4) is 33.5 Å². The lowest BCUT2D eigenvalue weighted by Crippen LogP contribution is -2.33. The highest BCUT2D eigenvalue weighted by Gasteiger charge is 2.32. The molecule has 0 atom stereocenters. The van der Waals surface area contributed by atoms with E-state index in [1.165, 1.54) is 5.56 Å². The number of hydrogen-bond donors (Lipinski definition) is 1. The van der Waals surface area contributed by atoms with Crippen molar-refractivity contribution in [2.75, 3.05) is 19.8 Å². The second kappa shape index (κ2) is 9.51. The average Bonchev–Trinajstić information content (AvgIpc) is 3.25. The van der Waals surface area contributed by atoms with Gasteiger partial charge in [-0.2, -0.15) is 0 Å². The molecule has 35 heavy (non-hydrogen) atoms. The molecule has 6 rings (SSSR count). The van der Waals surface area contributed by atoms with E-state index in [4.69, 9.17) is 4.74 Å². The first kappa shape index (κ1) is 21.8. The molecule has 2 aromatic carbocycles. The van der Waals surface area contributed by atoms with Gasteiger partial charge in [-0.05, 0) is 53.6 Å². The first-order chi connectivity index (χ1) is 17.3. The van der Waals surface area contributed by atoms with Gasteiger partial charge in [0, 0.05) is 61.9 Å². The minimum atomic E-state index is 0.0207. The monoisotopic (exact) mass is 463 g/mol. The van der Waals surface area contributed by atoms with Crippen LogP contribution in [0.1, 0.15) is 28.9 Å². The smallest absolute Gasteiger partial charge is 0.253 e. The molecule has 176 valence electrons. The lowest BCUT2D eigenvalue weighted by Gasteiger charge is -2.26. The summed E-state index contributed by atoms with van der Waals surface area (Å²) in [7, 11) is 0. The van der Waals surface area contributed by atoms with Crippen LogP contribution in [-0.2, 0) is 17.7 Å². The topological polar surface area (TPSA) is 56.2 Å². The van der Waals surface area contributed by atoms with Crippen molar-refractivity contribution in [2.45, 2.75) is 25.8 Å². The second-order valence-corrected chi connectivity index (χ2v) is 9.40. The Balaban J connectivity index is 1.58. The molecule has 0 saturated carbocycles. The quantitative estimate of drug-likeness (QED) is 0.419. The summed E-state index contributed by atoms with van der Waals surface area (Å²) < 4.78 is 8.06. The van der Waals surface area contributed by atoms with Crippen LogP contribution in [0.5, 0.6) is 0 Å². The summed E-state index contributed by atoms with van der Waals surface area (Å²) in [5.41, 5.74) is 8.57. The van der Waals surface area contributed by atoms with Gasteiger partial charge >= 0.3 is 0 Å². The highest BCUT2D eigenvalue weighted by molar-refractivity contribution is 6.07. The van der Waals surface area contributed by atoms with Crippen LogP contribution in [0, 0.1) is 5.92 Å². The maximum Gasteiger partial charge on any atom is 0.253 e. The predicted octanol–water partition coefficient (Wildman–Crippen LogP) is 5.60. The van der Waals surface area contributed by atoms with Crippen LogP contribution in [0.2, 0.25) is 0 Å². The van der Waals surface area contributed by atoms with Crippen molar-refractivity contribution in [2.24, 2.45) is 5.92 Å². The number of carbonyl (C=O) groups is 1. The zero-order valence-electron chi connectivity index (χ0n) is 19.7. The zero-order valence-corrected chi connectivity index (χ0v) is 19.7. The van der Waals surface area contributed by atoms with Gasteiger partial charge in [0.2, 0.25) is 0 Å². The third-order valence-electron chi connectivity index (χ3n) is 7.24. The number of pyridine rings is 1. The molecule has 5 nitrogen and oxygen atoms in total. The largest absolute Gasteiger partial charge is 0.381 e. The van der Waals surface area contributed by atoms with Gasteiger partial charge in [-0.3, -0.25) is 9.78 Å². The lowest BCUT2D eigenvalue weighted by molar-refractivity contribution is 0.0611. The molecule has 1 fully saturated rings. The minimum absolute atomic E-state index is 0.0207. The number of nitrogens with zero attached hydrogens (tertiary/aromatic N) is 2. The van der Waals surface area contributed by atoms with Crippen LogP contribution in [0.25, 0.3) is 33.5 Å². The highest BCUT2D eigenvalue weighted by atomic mass is 16.5. The Morgan fingerprint density at radius 3 is 2.40 bits per heavy atom. The van der Waals surface area contributed by atoms with E-state index in [1.54, 1.807) is 0 Å². The lowest BCUT2D eigenvalue weighted by atomic mass is 9.93. The molecule has 2 aromatic heterocycles. The Hall–Kier alpha value is -3.70. The molecule has 2 aliphatic heterocycles. The fourth-order valence-electron chi connectivity index (χ4n) is 5.52. The SMILES string of the molecule is O=C1NCCc2c1c(-c1cccc(-c3ccccc3)c1)c(-c1ccncc1)n2CC1CCOCC1. The maximum atomic E-state index is 13.4. The molecule has 1 saturated heterocycles. The first-order valence-corrected chi connectivity index (χ1v) is 12.5. The number of hydrogen-bond acceptors (Lipinski definition) is 3. The first-order valence-electron chi connectivity index (χ1n) is 12.5. The van der Waals surface area contributed by atoms with Gasteiger partial charge in [0.05, 0.1) is 11.3 Å². The summed E-state index contributed by atoms with van der Waals surface area (Å²) in [6, 6.07) is 23.1. The minimum Gasteiger partial charge on any atom is -0.381 e. The number of nitrogens with one attached hydrogen (secondary N) is 1. The Morgan fingerprint density at radius 1 is 0.857 bits per heavy atom. The van der Waals surface area contributed by atoms with Gasteiger partial charge in [0.1, 0.15) is 0 Å². The van der Waals surface area contributed by atoms with Crippen LogP contribution in [0.3, 0.4) is 0 Å². The number of rotatable bonds is 5. The zero-order chi connectivity index (χ0) is 23.6. The molecule has 0 radical (unpaired) electrons. The number of aromatic nitrogens is 2. The van der Waals surface area contributed by atoms with Crippen molar-refractivity contribution < 1.29 is 9.53 Å². The molecule has 2 aliphatic rings. The number of fused-ring (bicyclic) bond motifs is 1. The summed E-state index contributed by atoms with van der Waals surface area (Å²) >= 11 is 0. The van der Waals surface area contributed by atoms with Crippen molar-refractivity contribution in [1.29, 1.82) is 0 Å². The molecule has 4 heterocycles. The molecule has 1 N–H and O–H groups in total. The third kappa shape index (κ3) is 4.17. The van der Waals surface area contributed by atoms with E-state index < -0.39 is 0 Å². The third-order valence-corrected chi connectivity index (χ3v) is 7.24. The number of ether oxygens (including phenoxy) is 1. The van der Waals surface area contributed by atoms with Crippen LogP contribution in [-0.4, -0.2) is 35.2 Å². The normalized spacial score (nSPS) is 16.1. The van der Waals surface area contributed by atoms with Crippen molar-refractivity contribution >= 4 is 5.91 Å². The standard InChI is InChI=1S/C30H29N3O2/c34-30-28-26(11-16-32-30)33(20-21-12-17-35-18-13-21)29(23-9-14-31-15-10-23)27(28)25-8-4-7-24(19-25)22-5-2-1-3-6-22/h1-10,14-15,19,21H,11-13,16-18,20H2,(H,32,34). The number of benzene rings is 2. The molecule has 0 spiro atoms. The van der Waals surface area contributed by atoms with E-state index in [2.05, 4.69) is 75.5 Å². The van der Waals surface area contributed by atoms with E-state index in [0.717, 1.165) is 78.2 Å². The molecule has 0 bridgehead atoms.